The summed E-state index contributed by atoms with van der Waals surface area (Å²) in [5, 5.41) is 2.77. The normalized spacial score (nSPS) is 9.87. The SMILES string of the molecule is O=C(NCc1ccccn1)c1ccns1. The predicted octanol–water partition coefficient (Wildman–Crippen LogP) is 1.47. The van der Waals surface area contributed by atoms with Gasteiger partial charge < -0.3 is 5.32 Å². The predicted molar refractivity (Wildman–Crippen MR) is 57.5 cm³/mol. The Morgan fingerprint density at radius 3 is 2.93 bits per heavy atom. The molecule has 0 bridgehead atoms. The van der Waals surface area contributed by atoms with Crippen molar-refractivity contribution in [2.24, 2.45) is 0 Å². The minimum Gasteiger partial charge on any atom is -0.346 e. The van der Waals surface area contributed by atoms with E-state index in [1.165, 1.54) is 11.5 Å². The molecule has 0 fully saturated rings. The number of nitrogens with zero attached hydrogens (tertiary/aromatic N) is 2. The van der Waals surface area contributed by atoms with Crippen molar-refractivity contribution in [1.29, 1.82) is 0 Å². The molecular weight excluding hydrogens is 210 g/mol. The van der Waals surface area contributed by atoms with Crippen LogP contribution in [0.3, 0.4) is 0 Å². The van der Waals surface area contributed by atoms with Gasteiger partial charge in [-0.1, -0.05) is 6.07 Å². The first-order valence-electron chi connectivity index (χ1n) is 4.45. The first-order chi connectivity index (χ1) is 7.36. The average Bonchev–Trinajstić information content (AvgIpc) is 2.81. The van der Waals surface area contributed by atoms with Crippen LogP contribution in [-0.2, 0) is 6.54 Å². The number of nitrogens with one attached hydrogen (secondary N) is 1. The Kier molecular flexibility index (Phi) is 3.04. The van der Waals surface area contributed by atoms with Gasteiger partial charge in [0.1, 0.15) is 4.88 Å². The van der Waals surface area contributed by atoms with E-state index in [-0.39, 0.29) is 5.91 Å². The second kappa shape index (κ2) is 4.65. The van der Waals surface area contributed by atoms with Gasteiger partial charge in [0, 0.05) is 12.4 Å². The molecule has 76 valence electrons. The maximum Gasteiger partial charge on any atom is 0.263 e. The molecule has 0 aliphatic carbocycles. The lowest BCUT2D eigenvalue weighted by Gasteiger charge is -2.01. The number of hydrogen-bond donors (Lipinski definition) is 1. The van der Waals surface area contributed by atoms with Crippen molar-refractivity contribution in [3.8, 4) is 0 Å². The van der Waals surface area contributed by atoms with Crippen LogP contribution in [0.15, 0.2) is 36.7 Å². The number of amides is 1. The third-order valence-corrected chi connectivity index (χ3v) is 2.56. The summed E-state index contributed by atoms with van der Waals surface area (Å²) >= 11 is 1.18. The summed E-state index contributed by atoms with van der Waals surface area (Å²) in [7, 11) is 0. The van der Waals surface area contributed by atoms with Crippen molar-refractivity contribution in [2.75, 3.05) is 0 Å². The number of carbonyl (C=O) groups is 1. The fourth-order valence-corrected chi connectivity index (χ4v) is 1.61. The Bertz CT molecular complexity index is 427. The molecule has 4 nitrogen and oxygen atoms in total. The Balaban J connectivity index is 1.92. The van der Waals surface area contributed by atoms with E-state index in [0.717, 1.165) is 5.69 Å². The van der Waals surface area contributed by atoms with E-state index in [1.54, 1.807) is 18.5 Å². The standard InChI is InChI=1S/C10H9N3OS/c14-10(9-4-6-13-15-9)12-7-8-3-1-2-5-11-8/h1-6H,7H2,(H,12,14). The summed E-state index contributed by atoms with van der Waals surface area (Å²) in [6, 6.07) is 7.29. The molecule has 0 aliphatic rings. The van der Waals surface area contributed by atoms with Crippen molar-refractivity contribution < 1.29 is 4.79 Å². The largest absolute Gasteiger partial charge is 0.346 e. The van der Waals surface area contributed by atoms with Crippen LogP contribution in [0.1, 0.15) is 15.4 Å². The smallest absolute Gasteiger partial charge is 0.263 e. The van der Waals surface area contributed by atoms with Crippen molar-refractivity contribution in [3.63, 3.8) is 0 Å². The topological polar surface area (TPSA) is 54.9 Å². The monoisotopic (exact) mass is 219 g/mol. The fourth-order valence-electron chi connectivity index (χ4n) is 1.09. The van der Waals surface area contributed by atoms with Gasteiger partial charge in [0.05, 0.1) is 12.2 Å². The van der Waals surface area contributed by atoms with Crippen molar-refractivity contribution in [3.05, 3.63) is 47.2 Å². The minimum absolute atomic E-state index is 0.108. The minimum atomic E-state index is -0.108. The van der Waals surface area contributed by atoms with E-state index >= 15 is 0 Å². The molecule has 2 rings (SSSR count). The lowest BCUT2D eigenvalue weighted by atomic mass is 10.3. The van der Waals surface area contributed by atoms with E-state index in [0.29, 0.717) is 11.4 Å². The van der Waals surface area contributed by atoms with Gasteiger partial charge in [-0.2, -0.15) is 0 Å². The number of carbonyl (C=O) groups excluding carboxylic acids is 1. The van der Waals surface area contributed by atoms with Gasteiger partial charge in [-0.15, -0.1) is 0 Å². The molecule has 2 heterocycles. The lowest BCUT2D eigenvalue weighted by Crippen LogP contribution is -2.22. The zero-order chi connectivity index (χ0) is 10.5. The Hall–Kier alpha value is -1.75. The lowest BCUT2D eigenvalue weighted by molar-refractivity contribution is 0.0954. The highest BCUT2D eigenvalue weighted by Crippen LogP contribution is 2.04. The first-order valence-corrected chi connectivity index (χ1v) is 5.22. The Morgan fingerprint density at radius 1 is 1.33 bits per heavy atom. The van der Waals surface area contributed by atoms with E-state index < -0.39 is 0 Å². The number of rotatable bonds is 3. The van der Waals surface area contributed by atoms with Crippen LogP contribution in [0, 0.1) is 0 Å². The summed E-state index contributed by atoms with van der Waals surface area (Å²) in [5.74, 6) is -0.108. The van der Waals surface area contributed by atoms with Crippen molar-refractivity contribution in [2.45, 2.75) is 6.54 Å². The summed E-state index contributed by atoms with van der Waals surface area (Å²) in [4.78, 5) is 16.2. The third kappa shape index (κ3) is 2.60. The van der Waals surface area contributed by atoms with Gasteiger partial charge in [0.25, 0.3) is 5.91 Å². The highest BCUT2D eigenvalue weighted by Gasteiger charge is 2.06. The van der Waals surface area contributed by atoms with Crippen LogP contribution < -0.4 is 5.32 Å². The van der Waals surface area contributed by atoms with Gasteiger partial charge in [0.2, 0.25) is 0 Å². The molecule has 5 heteroatoms. The van der Waals surface area contributed by atoms with Crippen LogP contribution >= 0.6 is 11.5 Å². The molecule has 0 spiro atoms. The van der Waals surface area contributed by atoms with Crippen molar-refractivity contribution >= 4 is 17.4 Å². The Morgan fingerprint density at radius 2 is 2.27 bits per heavy atom. The van der Waals surface area contributed by atoms with E-state index in [9.17, 15) is 4.79 Å². The second-order valence-electron chi connectivity index (χ2n) is 2.88. The second-order valence-corrected chi connectivity index (χ2v) is 3.71. The van der Waals surface area contributed by atoms with Crippen LogP contribution in [-0.4, -0.2) is 15.3 Å². The summed E-state index contributed by atoms with van der Waals surface area (Å²) in [6.07, 6.45) is 3.31. The molecular formula is C10H9N3OS. The quantitative estimate of drug-likeness (QED) is 0.850. The molecule has 2 aromatic rings. The molecule has 1 amide bonds. The summed E-state index contributed by atoms with van der Waals surface area (Å²) in [6.45, 7) is 0.442. The molecule has 2 aromatic heterocycles. The molecule has 1 N–H and O–H groups in total. The van der Waals surface area contributed by atoms with Gasteiger partial charge in [-0.3, -0.25) is 9.78 Å². The highest BCUT2D eigenvalue weighted by atomic mass is 32.1. The average molecular weight is 219 g/mol. The fraction of sp³-hybridized carbons (Fsp3) is 0.100. The third-order valence-electron chi connectivity index (χ3n) is 1.82. The first kappa shape index (κ1) is 9.79. The van der Waals surface area contributed by atoms with Gasteiger partial charge in [-0.05, 0) is 29.7 Å². The van der Waals surface area contributed by atoms with Crippen LogP contribution in [0.5, 0.6) is 0 Å². The van der Waals surface area contributed by atoms with Gasteiger partial charge >= 0.3 is 0 Å². The van der Waals surface area contributed by atoms with Crippen LogP contribution in [0.25, 0.3) is 0 Å². The van der Waals surface area contributed by atoms with Gasteiger partial charge in [0.15, 0.2) is 0 Å². The molecule has 15 heavy (non-hydrogen) atoms. The van der Waals surface area contributed by atoms with E-state index in [2.05, 4.69) is 14.7 Å². The number of hydrogen-bond acceptors (Lipinski definition) is 4. The van der Waals surface area contributed by atoms with Crippen LogP contribution in [0.2, 0.25) is 0 Å². The molecule has 0 aromatic carbocycles. The summed E-state index contributed by atoms with van der Waals surface area (Å²) in [5.41, 5.74) is 0.843. The molecule has 0 radical (unpaired) electrons. The molecule has 0 aliphatic heterocycles. The van der Waals surface area contributed by atoms with E-state index in [1.807, 2.05) is 18.2 Å². The molecule has 0 saturated carbocycles. The number of aromatic nitrogens is 2. The zero-order valence-electron chi connectivity index (χ0n) is 7.88. The van der Waals surface area contributed by atoms with Crippen molar-refractivity contribution in [1.82, 2.24) is 14.7 Å². The maximum atomic E-state index is 11.5. The van der Waals surface area contributed by atoms with E-state index in [4.69, 9.17) is 0 Å². The van der Waals surface area contributed by atoms with Gasteiger partial charge in [-0.25, -0.2) is 4.37 Å². The highest BCUT2D eigenvalue weighted by molar-refractivity contribution is 7.08. The Labute approximate surface area is 91.2 Å². The molecule has 0 saturated heterocycles. The number of pyridine rings is 1. The zero-order valence-corrected chi connectivity index (χ0v) is 8.70. The van der Waals surface area contributed by atoms with Crippen LogP contribution in [0.4, 0.5) is 0 Å². The summed E-state index contributed by atoms with van der Waals surface area (Å²) < 4.78 is 3.86. The maximum absolute atomic E-state index is 11.5. The molecule has 0 atom stereocenters. The molecule has 0 unspecified atom stereocenters.